The summed E-state index contributed by atoms with van der Waals surface area (Å²) in [5, 5.41) is 4.31. The van der Waals surface area contributed by atoms with E-state index in [9.17, 15) is 0 Å². The third-order valence-electron chi connectivity index (χ3n) is 2.23. The Hall–Kier alpha value is -1.75. The number of rotatable bonds is 3. The third kappa shape index (κ3) is 2.25. The van der Waals surface area contributed by atoms with Crippen molar-refractivity contribution in [1.29, 1.82) is 0 Å². The minimum Gasteiger partial charge on any atom is -0.388 e. The number of thiocarbonyl (C=S) groups is 1. The van der Waals surface area contributed by atoms with Crippen molar-refractivity contribution in [1.82, 2.24) is 14.8 Å². The molecule has 0 radical (unpaired) electrons. The smallest absolute Gasteiger partial charge is 0.123 e. The molecule has 5 heteroatoms. The Morgan fingerprint density at radius 3 is 2.94 bits per heavy atom. The zero-order valence-corrected chi connectivity index (χ0v) is 9.74. The highest BCUT2D eigenvalue weighted by atomic mass is 32.1. The minimum atomic E-state index is 0.319. The molecule has 2 heterocycles. The van der Waals surface area contributed by atoms with Crippen LogP contribution >= 0.6 is 12.2 Å². The predicted octanol–water partition coefficient (Wildman–Crippen LogP) is 1.27. The lowest BCUT2D eigenvalue weighted by molar-refractivity contribution is 0.677. The third-order valence-corrected chi connectivity index (χ3v) is 2.42. The van der Waals surface area contributed by atoms with Gasteiger partial charge in [-0.3, -0.25) is 9.67 Å². The molecule has 2 aromatic rings. The normalized spacial score (nSPS) is 10.3. The first kappa shape index (κ1) is 10.8. The number of nitrogens with two attached hydrogens (primary N) is 1. The molecule has 0 aliphatic carbocycles. The van der Waals surface area contributed by atoms with Crippen LogP contribution in [0, 0.1) is 6.92 Å². The van der Waals surface area contributed by atoms with E-state index in [2.05, 4.69) is 10.1 Å². The van der Waals surface area contributed by atoms with E-state index in [0.717, 1.165) is 11.3 Å². The first-order valence-corrected chi connectivity index (χ1v) is 5.31. The highest BCUT2D eigenvalue weighted by molar-refractivity contribution is 7.80. The van der Waals surface area contributed by atoms with E-state index in [4.69, 9.17) is 18.0 Å². The van der Waals surface area contributed by atoms with E-state index in [1.807, 2.05) is 36.0 Å². The van der Waals surface area contributed by atoms with Crippen molar-refractivity contribution in [2.45, 2.75) is 13.5 Å². The molecule has 0 aliphatic rings. The van der Waals surface area contributed by atoms with Gasteiger partial charge >= 0.3 is 0 Å². The number of aryl methyl sites for hydroxylation is 1. The zero-order valence-electron chi connectivity index (χ0n) is 8.92. The van der Waals surface area contributed by atoms with Gasteiger partial charge in [-0.1, -0.05) is 18.3 Å². The van der Waals surface area contributed by atoms with Crippen molar-refractivity contribution < 1.29 is 0 Å². The SMILES string of the molecule is Cc1ccn(Cc2cccnc2C(N)=S)n1. The van der Waals surface area contributed by atoms with Gasteiger partial charge in [0.15, 0.2) is 0 Å². The monoisotopic (exact) mass is 232 g/mol. The van der Waals surface area contributed by atoms with Gasteiger partial charge in [0.05, 0.1) is 12.2 Å². The van der Waals surface area contributed by atoms with Crippen molar-refractivity contribution in [2.75, 3.05) is 0 Å². The van der Waals surface area contributed by atoms with Crippen LogP contribution in [0.3, 0.4) is 0 Å². The molecule has 0 amide bonds. The first-order chi connectivity index (χ1) is 7.66. The van der Waals surface area contributed by atoms with Crippen molar-refractivity contribution in [2.24, 2.45) is 5.73 Å². The molecule has 0 fully saturated rings. The van der Waals surface area contributed by atoms with Crippen molar-refractivity contribution >= 4 is 17.2 Å². The standard InChI is InChI=1S/C11H12N4S/c1-8-4-6-15(14-8)7-9-3-2-5-13-10(9)11(12)16/h2-6H,7H2,1H3,(H2,12,16). The van der Waals surface area contributed by atoms with Gasteiger partial charge < -0.3 is 5.73 Å². The Labute approximate surface area is 99.1 Å². The van der Waals surface area contributed by atoms with Crippen LogP contribution in [0.5, 0.6) is 0 Å². The van der Waals surface area contributed by atoms with E-state index in [1.54, 1.807) is 6.20 Å². The van der Waals surface area contributed by atoms with E-state index < -0.39 is 0 Å². The molecule has 2 N–H and O–H groups in total. The molecule has 0 saturated carbocycles. The van der Waals surface area contributed by atoms with Crippen molar-refractivity contribution in [3.63, 3.8) is 0 Å². The highest BCUT2D eigenvalue weighted by Crippen LogP contribution is 2.07. The predicted molar refractivity (Wildman–Crippen MR) is 66.2 cm³/mol. The van der Waals surface area contributed by atoms with E-state index in [0.29, 0.717) is 17.2 Å². The molecular weight excluding hydrogens is 220 g/mol. The summed E-state index contributed by atoms with van der Waals surface area (Å²) in [5.74, 6) is 0. The number of hydrogen-bond donors (Lipinski definition) is 1. The average molecular weight is 232 g/mol. The molecule has 82 valence electrons. The molecule has 4 nitrogen and oxygen atoms in total. The fourth-order valence-electron chi connectivity index (χ4n) is 1.51. The van der Waals surface area contributed by atoms with Crippen LogP contribution in [0.25, 0.3) is 0 Å². The Morgan fingerprint density at radius 1 is 1.50 bits per heavy atom. The van der Waals surface area contributed by atoms with Gasteiger partial charge in [-0.05, 0) is 19.1 Å². The molecule has 0 spiro atoms. The molecule has 0 atom stereocenters. The second-order valence-corrected chi connectivity index (χ2v) is 3.97. The Bertz CT molecular complexity index is 518. The van der Waals surface area contributed by atoms with Crippen molar-refractivity contribution in [3.05, 3.63) is 47.5 Å². The maximum Gasteiger partial charge on any atom is 0.123 e. The van der Waals surface area contributed by atoms with E-state index in [-0.39, 0.29) is 0 Å². The van der Waals surface area contributed by atoms with Gasteiger partial charge in [-0.2, -0.15) is 5.10 Å². The zero-order chi connectivity index (χ0) is 11.5. The van der Waals surface area contributed by atoms with Gasteiger partial charge in [0.25, 0.3) is 0 Å². The van der Waals surface area contributed by atoms with Gasteiger partial charge in [0.2, 0.25) is 0 Å². The molecule has 0 unspecified atom stereocenters. The lowest BCUT2D eigenvalue weighted by Gasteiger charge is -2.06. The van der Waals surface area contributed by atoms with Crippen LogP contribution in [0.2, 0.25) is 0 Å². The molecule has 16 heavy (non-hydrogen) atoms. The minimum absolute atomic E-state index is 0.319. The summed E-state index contributed by atoms with van der Waals surface area (Å²) in [7, 11) is 0. The van der Waals surface area contributed by atoms with Crippen LogP contribution < -0.4 is 5.73 Å². The van der Waals surface area contributed by atoms with Crippen molar-refractivity contribution in [3.8, 4) is 0 Å². The topological polar surface area (TPSA) is 56.7 Å². The lowest BCUT2D eigenvalue weighted by Crippen LogP contribution is -2.16. The Balaban J connectivity index is 2.31. The number of pyridine rings is 1. The summed E-state index contributed by atoms with van der Waals surface area (Å²) in [6, 6.07) is 5.78. The number of hydrogen-bond acceptors (Lipinski definition) is 3. The van der Waals surface area contributed by atoms with Crippen LogP contribution in [0.15, 0.2) is 30.6 Å². The van der Waals surface area contributed by atoms with Crippen LogP contribution in [-0.4, -0.2) is 19.8 Å². The molecule has 0 bridgehead atoms. The number of nitrogens with zero attached hydrogens (tertiary/aromatic N) is 3. The van der Waals surface area contributed by atoms with Gasteiger partial charge in [0, 0.05) is 18.0 Å². The second kappa shape index (κ2) is 4.40. The van der Waals surface area contributed by atoms with Gasteiger partial charge in [0.1, 0.15) is 10.7 Å². The average Bonchev–Trinajstić information content (AvgIpc) is 2.64. The van der Waals surface area contributed by atoms with E-state index >= 15 is 0 Å². The molecule has 2 rings (SSSR count). The molecule has 2 aromatic heterocycles. The molecule has 0 saturated heterocycles. The first-order valence-electron chi connectivity index (χ1n) is 4.90. The fraction of sp³-hybridized carbons (Fsp3) is 0.182. The van der Waals surface area contributed by atoms with Crippen LogP contribution in [0.4, 0.5) is 0 Å². The van der Waals surface area contributed by atoms with E-state index in [1.165, 1.54) is 0 Å². The molecule has 0 aromatic carbocycles. The maximum absolute atomic E-state index is 5.61. The quantitative estimate of drug-likeness (QED) is 0.810. The highest BCUT2D eigenvalue weighted by Gasteiger charge is 2.06. The van der Waals surface area contributed by atoms with Gasteiger partial charge in [-0.25, -0.2) is 0 Å². The molecule has 0 aliphatic heterocycles. The summed E-state index contributed by atoms with van der Waals surface area (Å²) in [4.78, 5) is 4.49. The summed E-state index contributed by atoms with van der Waals surface area (Å²) in [6.07, 6.45) is 3.61. The Morgan fingerprint density at radius 2 is 2.31 bits per heavy atom. The summed E-state index contributed by atoms with van der Waals surface area (Å²) in [5.41, 5.74) is 8.26. The molecular formula is C11H12N4S. The second-order valence-electron chi connectivity index (χ2n) is 3.53. The van der Waals surface area contributed by atoms with Crippen LogP contribution in [-0.2, 0) is 6.54 Å². The largest absolute Gasteiger partial charge is 0.388 e. The lowest BCUT2D eigenvalue weighted by atomic mass is 10.2. The fourth-order valence-corrected chi connectivity index (χ4v) is 1.70. The maximum atomic E-state index is 5.61. The van der Waals surface area contributed by atoms with Crippen LogP contribution in [0.1, 0.15) is 17.0 Å². The number of aromatic nitrogens is 3. The summed E-state index contributed by atoms with van der Waals surface area (Å²) < 4.78 is 1.84. The Kier molecular flexibility index (Phi) is 2.96. The summed E-state index contributed by atoms with van der Waals surface area (Å²) >= 11 is 4.96. The van der Waals surface area contributed by atoms with Gasteiger partial charge in [-0.15, -0.1) is 0 Å². The summed E-state index contributed by atoms with van der Waals surface area (Å²) in [6.45, 7) is 2.59.